The van der Waals surface area contributed by atoms with Gasteiger partial charge < -0.3 is 11.1 Å². The van der Waals surface area contributed by atoms with Gasteiger partial charge in [0.15, 0.2) is 11.8 Å². The van der Waals surface area contributed by atoms with Crippen molar-refractivity contribution in [2.45, 2.75) is 38.6 Å². The lowest BCUT2D eigenvalue weighted by atomic mass is 10.1. The average molecular weight is 284 g/mol. The highest BCUT2D eigenvalue weighted by molar-refractivity contribution is 5.92. The molecule has 2 aromatic rings. The predicted molar refractivity (Wildman–Crippen MR) is 83.1 cm³/mol. The third-order valence-corrected chi connectivity index (χ3v) is 3.50. The van der Waals surface area contributed by atoms with Crippen LogP contribution in [-0.2, 0) is 13.0 Å². The number of hydrogen-bond donors (Lipinski definition) is 3. The summed E-state index contributed by atoms with van der Waals surface area (Å²) in [6.07, 6.45) is 3.38. The highest BCUT2D eigenvalue weighted by atomic mass is 15.2. The Hall–Kier alpha value is -2.37. The molecule has 6 nitrogen and oxygen atoms in total. The molecule has 6 heteroatoms. The number of anilines is 1. The summed E-state index contributed by atoms with van der Waals surface area (Å²) in [6, 6.07) is 8.14. The van der Waals surface area contributed by atoms with E-state index < -0.39 is 0 Å². The largest absolute Gasteiger partial charge is 0.370 e. The van der Waals surface area contributed by atoms with Crippen molar-refractivity contribution in [2.75, 3.05) is 5.32 Å². The fourth-order valence-corrected chi connectivity index (χ4v) is 2.12. The Labute approximate surface area is 123 Å². The van der Waals surface area contributed by atoms with Crippen molar-refractivity contribution in [3.05, 3.63) is 41.5 Å². The maximum Gasteiger partial charge on any atom is 0.193 e. The fraction of sp³-hybridized carbons (Fsp3) is 0.400. The van der Waals surface area contributed by atoms with Crippen LogP contribution in [0.25, 0.3) is 0 Å². The van der Waals surface area contributed by atoms with Gasteiger partial charge in [-0.1, -0.05) is 19.1 Å². The highest BCUT2D eigenvalue weighted by Gasteiger charge is 2.27. The third kappa shape index (κ3) is 3.59. The van der Waals surface area contributed by atoms with Gasteiger partial charge in [-0.05, 0) is 37.0 Å². The number of nitrogens with one attached hydrogen (secondary N) is 2. The van der Waals surface area contributed by atoms with Crippen molar-refractivity contribution in [1.82, 2.24) is 15.2 Å². The molecule has 0 bridgehead atoms. The summed E-state index contributed by atoms with van der Waals surface area (Å²) in [5.41, 5.74) is 8.11. The van der Waals surface area contributed by atoms with Crippen LogP contribution in [-0.4, -0.2) is 21.1 Å². The van der Waals surface area contributed by atoms with E-state index in [9.17, 15) is 0 Å². The zero-order chi connectivity index (χ0) is 14.7. The molecule has 1 aliphatic carbocycles. The fourth-order valence-electron chi connectivity index (χ4n) is 2.12. The van der Waals surface area contributed by atoms with E-state index in [4.69, 9.17) is 5.73 Å². The smallest absolute Gasteiger partial charge is 0.193 e. The monoisotopic (exact) mass is 284 g/mol. The summed E-state index contributed by atoms with van der Waals surface area (Å²) in [5, 5.41) is 10.2. The standard InChI is InChI=1S/C15H20N6/c1-2-10-4-3-5-12(8-10)18-15(16)17-9-13-19-14(21-20-13)11-6-7-11/h3-5,8,11H,2,6-7,9H2,1H3,(H3,16,17,18)(H,19,20,21). The normalized spacial score (nSPS) is 15.2. The SMILES string of the molecule is CCc1cccc(NC(N)=NCc2nc(C3CC3)n[nH]2)c1. The Morgan fingerprint density at radius 2 is 2.33 bits per heavy atom. The number of aromatic amines is 1. The number of rotatable bonds is 5. The molecule has 0 saturated heterocycles. The van der Waals surface area contributed by atoms with Gasteiger partial charge in [0.1, 0.15) is 12.4 Å². The van der Waals surface area contributed by atoms with Crippen LogP contribution in [0.5, 0.6) is 0 Å². The second-order valence-corrected chi connectivity index (χ2v) is 5.29. The van der Waals surface area contributed by atoms with Crippen LogP contribution >= 0.6 is 0 Å². The van der Waals surface area contributed by atoms with Crippen molar-refractivity contribution in [3.8, 4) is 0 Å². The number of benzene rings is 1. The number of nitrogens with two attached hydrogens (primary N) is 1. The lowest BCUT2D eigenvalue weighted by Gasteiger charge is -2.06. The molecule has 0 aliphatic heterocycles. The van der Waals surface area contributed by atoms with E-state index in [-0.39, 0.29) is 0 Å². The van der Waals surface area contributed by atoms with E-state index in [2.05, 4.69) is 44.5 Å². The highest BCUT2D eigenvalue weighted by Crippen LogP contribution is 2.37. The van der Waals surface area contributed by atoms with Gasteiger partial charge in [0.05, 0.1) is 0 Å². The molecular weight excluding hydrogens is 264 g/mol. The summed E-state index contributed by atoms with van der Waals surface area (Å²) in [7, 11) is 0. The van der Waals surface area contributed by atoms with Crippen LogP contribution in [0.15, 0.2) is 29.3 Å². The Morgan fingerprint density at radius 3 is 3.10 bits per heavy atom. The minimum atomic E-state index is 0.382. The van der Waals surface area contributed by atoms with Crippen LogP contribution in [0.2, 0.25) is 0 Å². The van der Waals surface area contributed by atoms with Crippen LogP contribution in [0, 0.1) is 0 Å². The van der Waals surface area contributed by atoms with Gasteiger partial charge in [-0.3, -0.25) is 5.10 Å². The van der Waals surface area contributed by atoms with Gasteiger partial charge >= 0.3 is 0 Å². The Morgan fingerprint density at radius 1 is 1.48 bits per heavy atom. The minimum absolute atomic E-state index is 0.382. The molecule has 4 N–H and O–H groups in total. The first-order valence-corrected chi connectivity index (χ1v) is 7.31. The first-order chi connectivity index (χ1) is 10.2. The van der Waals surface area contributed by atoms with Crippen LogP contribution in [0.1, 0.15) is 42.9 Å². The Balaban J connectivity index is 1.59. The number of H-pyrrole nitrogens is 1. The molecule has 21 heavy (non-hydrogen) atoms. The Kier molecular flexibility index (Phi) is 3.85. The van der Waals surface area contributed by atoms with E-state index in [1.807, 2.05) is 12.1 Å². The van der Waals surface area contributed by atoms with Gasteiger partial charge in [0, 0.05) is 11.6 Å². The lowest BCUT2D eigenvalue weighted by Crippen LogP contribution is -2.22. The first kappa shape index (κ1) is 13.6. The molecule has 1 aromatic heterocycles. The molecule has 0 atom stereocenters. The van der Waals surface area contributed by atoms with Crippen molar-refractivity contribution >= 4 is 11.6 Å². The van der Waals surface area contributed by atoms with Gasteiger partial charge in [0.2, 0.25) is 0 Å². The van der Waals surface area contributed by atoms with Crippen molar-refractivity contribution < 1.29 is 0 Å². The molecule has 0 amide bonds. The quantitative estimate of drug-likeness (QED) is 0.579. The molecule has 1 aliphatic rings. The molecule has 110 valence electrons. The summed E-state index contributed by atoms with van der Waals surface area (Å²) < 4.78 is 0. The number of hydrogen-bond acceptors (Lipinski definition) is 3. The summed E-state index contributed by atoms with van der Waals surface area (Å²) in [5.74, 6) is 2.59. The second-order valence-electron chi connectivity index (χ2n) is 5.29. The number of aryl methyl sites for hydroxylation is 1. The van der Waals surface area contributed by atoms with Crippen LogP contribution in [0.3, 0.4) is 0 Å². The number of guanidine groups is 1. The Bertz CT molecular complexity index is 641. The number of aromatic nitrogens is 3. The topological polar surface area (TPSA) is 92.0 Å². The molecule has 1 fully saturated rings. The predicted octanol–water partition coefficient (Wildman–Crippen LogP) is 2.17. The molecule has 0 radical (unpaired) electrons. The van der Waals surface area contributed by atoms with Gasteiger partial charge in [-0.25, -0.2) is 9.98 Å². The van der Waals surface area contributed by atoms with E-state index in [1.165, 1.54) is 18.4 Å². The zero-order valence-electron chi connectivity index (χ0n) is 12.1. The van der Waals surface area contributed by atoms with Crippen molar-refractivity contribution in [2.24, 2.45) is 10.7 Å². The molecule has 1 aromatic carbocycles. The number of nitrogens with zero attached hydrogens (tertiary/aromatic N) is 3. The van der Waals surface area contributed by atoms with Crippen molar-refractivity contribution in [3.63, 3.8) is 0 Å². The maximum atomic E-state index is 5.90. The van der Waals surface area contributed by atoms with Gasteiger partial charge in [0.25, 0.3) is 0 Å². The minimum Gasteiger partial charge on any atom is -0.370 e. The lowest BCUT2D eigenvalue weighted by molar-refractivity contribution is 0.913. The summed E-state index contributed by atoms with van der Waals surface area (Å²) in [6.45, 7) is 2.53. The van der Waals surface area contributed by atoms with E-state index in [1.54, 1.807) is 0 Å². The molecule has 0 spiro atoms. The number of aliphatic imine (C=N–C) groups is 1. The zero-order valence-corrected chi connectivity index (χ0v) is 12.1. The van der Waals surface area contributed by atoms with Crippen molar-refractivity contribution in [1.29, 1.82) is 0 Å². The maximum absolute atomic E-state index is 5.90. The molecule has 0 unspecified atom stereocenters. The van der Waals surface area contributed by atoms with Crippen LogP contribution in [0.4, 0.5) is 5.69 Å². The summed E-state index contributed by atoms with van der Waals surface area (Å²) in [4.78, 5) is 8.71. The van der Waals surface area contributed by atoms with E-state index >= 15 is 0 Å². The molecule has 1 heterocycles. The molecular formula is C15H20N6. The second kappa shape index (κ2) is 5.95. The van der Waals surface area contributed by atoms with Crippen LogP contribution < -0.4 is 11.1 Å². The van der Waals surface area contributed by atoms with Gasteiger partial charge in [-0.15, -0.1) is 0 Å². The average Bonchev–Trinajstić information content (AvgIpc) is 3.24. The van der Waals surface area contributed by atoms with E-state index in [0.29, 0.717) is 18.4 Å². The molecule has 3 rings (SSSR count). The van der Waals surface area contributed by atoms with Gasteiger partial charge in [-0.2, -0.15) is 5.10 Å². The first-order valence-electron chi connectivity index (χ1n) is 7.31. The summed E-state index contributed by atoms with van der Waals surface area (Å²) >= 11 is 0. The molecule has 1 saturated carbocycles. The third-order valence-electron chi connectivity index (χ3n) is 3.50. The van der Waals surface area contributed by atoms with E-state index in [0.717, 1.165) is 23.8 Å².